The molecule has 3 nitrogen and oxygen atoms in total. The first-order valence-electron chi connectivity index (χ1n) is 5.76. The lowest BCUT2D eigenvalue weighted by molar-refractivity contribution is -0.129. The molecule has 0 N–H and O–H groups in total. The summed E-state index contributed by atoms with van der Waals surface area (Å²) < 4.78 is 6.15. The SMILES string of the molecule is O=C1OC(c2ccc(Cl)cc2Cl)=N/C1=C\c1ccc(Br)s1. The van der Waals surface area contributed by atoms with Crippen molar-refractivity contribution in [2.45, 2.75) is 0 Å². The number of cyclic esters (lactones) is 1. The molecule has 0 spiro atoms. The van der Waals surface area contributed by atoms with Crippen molar-refractivity contribution in [1.29, 1.82) is 0 Å². The van der Waals surface area contributed by atoms with Crippen LogP contribution in [0.3, 0.4) is 0 Å². The predicted molar refractivity (Wildman–Crippen MR) is 89.1 cm³/mol. The van der Waals surface area contributed by atoms with E-state index in [4.69, 9.17) is 27.9 Å². The van der Waals surface area contributed by atoms with Gasteiger partial charge in [0.15, 0.2) is 5.70 Å². The van der Waals surface area contributed by atoms with Gasteiger partial charge in [-0.1, -0.05) is 23.2 Å². The third-order valence-electron chi connectivity index (χ3n) is 2.66. The zero-order valence-corrected chi connectivity index (χ0v) is 14.2. The maximum atomic E-state index is 11.9. The monoisotopic (exact) mass is 401 g/mol. The molecule has 7 heteroatoms. The second-order valence-electron chi connectivity index (χ2n) is 4.10. The molecule has 0 amide bonds. The molecule has 2 aromatic rings. The Hall–Kier alpha value is -1.14. The lowest BCUT2D eigenvalue weighted by Crippen LogP contribution is -2.05. The molecule has 1 aromatic carbocycles. The number of carbonyl (C=O) groups excluding carboxylic acids is 1. The molecular weight excluding hydrogens is 397 g/mol. The topological polar surface area (TPSA) is 38.7 Å². The minimum absolute atomic E-state index is 0.184. The molecule has 0 atom stereocenters. The van der Waals surface area contributed by atoms with E-state index in [9.17, 15) is 4.79 Å². The van der Waals surface area contributed by atoms with Gasteiger partial charge in [-0.25, -0.2) is 9.79 Å². The minimum Gasteiger partial charge on any atom is -0.402 e. The van der Waals surface area contributed by atoms with Crippen molar-refractivity contribution in [3.8, 4) is 0 Å². The maximum absolute atomic E-state index is 11.9. The molecule has 0 fully saturated rings. The van der Waals surface area contributed by atoms with Gasteiger partial charge in [0.25, 0.3) is 0 Å². The van der Waals surface area contributed by atoms with Gasteiger partial charge in [-0.2, -0.15) is 0 Å². The first-order chi connectivity index (χ1) is 10.0. The Morgan fingerprint density at radius 3 is 2.71 bits per heavy atom. The standard InChI is InChI=1S/C14H6BrCl2NO2S/c15-12-4-2-8(21-12)6-11-14(19)20-13(18-11)9-3-1-7(16)5-10(9)17/h1-6H/b11-6-. The molecule has 0 aliphatic carbocycles. The highest BCUT2D eigenvalue weighted by atomic mass is 79.9. The minimum atomic E-state index is -0.500. The highest BCUT2D eigenvalue weighted by Crippen LogP contribution is 2.28. The van der Waals surface area contributed by atoms with Crippen LogP contribution in [0, 0.1) is 0 Å². The van der Waals surface area contributed by atoms with Crippen LogP contribution in [0.15, 0.2) is 44.8 Å². The number of halogens is 3. The first kappa shape index (κ1) is 14.8. The molecule has 3 rings (SSSR count). The van der Waals surface area contributed by atoms with Crippen molar-refractivity contribution >= 4 is 68.4 Å². The molecule has 0 saturated carbocycles. The van der Waals surface area contributed by atoms with Crippen molar-refractivity contribution in [3.63, 3.8) is 0 Å². The fraction of sp³-hybridized carbons (Fsp3) is 0. The summed E-state index contributed by atoms with van der Waals surface area (Å²) in [5.41, 5.74) is 0.774. The van der Waals surface area contributed by atoms with Gasteiger partial charge in [0, 0.05) is 9.90 Å². The molecule has 0 unspecified atom stereocenters. The van der Waals surface area contributed by atoms with Crippen LogP contribution in [0.1, 0.15) is 10.4 Å². The predicted octanol–water partition coefficient (Wildman–Crippen LogP) is 5.16. The highest BCUT2D eigenvalue weighted by Gasteiger charge is 2.25. The molecule has 0 radical (unpaired) electrons. The van der Waals surface area contributed by atoms with E-state index in [1.54, 1.807) is 24.3 Å². The molecule has 1 aromatic heterocycles. The summed E-state index contributed by atoms with van der Waals surface area (Å²) in [6.45, 7) is 0. The van der Waals surface area contributed by atoms with Gasteiger partial charge in [-0.3, -0.25) is 0 Å². The van der Waals surface area contributed by atoms with Gasteiger partial charge >= 0.3 is 5.97 Å². The Balaban J connectivity index is 1.97. The maximum Gasteiger partial charge on any atom is 0.363 e. The Morgan fingerprint density at radius 1 is 1.24 bits per heavy atom. The number of nitrogens with zero attached hydrogens (tertiary/aromatic N) is 1. The van der Waals surface area contributed by atoms with E-state index in [-0.39, 0.29) is 11.6 Å². The van der Waals surface area contributed by atoms with Gasteiger partial charge in [0.05, 0.1) is 14.4 Å². The number of ether oxygens (including phenoxy) is 1. The lowest BCUT2D eigenvalue weighted by atomic mass is 10.2. The number of esters is 1. The molecule has 21 heavy (non-hydrogen) atoms. The van der Waals surface area contributed by atoms with E-state index in [2.05, 4.69) is 20.9 Å². The number of aliphatic imine (C=N–C) groups is 1. The normalized spacial score (nSPS) is 16.2. The summed E-state index contributed by atoms with van der Waals surface area (Å²) in [6.07, 6.45) is 1.68. The summed E-state index contributed by atoms with van der Waals surface area (Å²) >= 11 is 16.8. The number of thiophene rings is 1. The number of hydrogen-bond acceptors (Lipinski definition) is 4. The lowest BCUT2D eigenvalue weighted by Gasteiger charge is -2.02. The number of hydrogen-bond donors (Lipinski definition) is 0. The van der Waals surface area contributed by atoms with Gasteiger partial charge < -0.3 is 4.74 Å². The number of benzene rings is 1. The second-order valence-corrected chi connectivity index (χ2v) is 7.44. The van der Waals surface area contributed by atoms with Gasteiger partial charge in [-0.15, -0.1) is 11.3 Å². The Bertz CT molecular complexity index is 798. The Labute approximate surface area is 143 Å². The summed E-state index contributed by atoms with van der Waals surface area (Å²) in [6, 6.07) is 8.70. The zero-order valence-electron chi connectivity index (χ0n) is 10.3. The van der Waals surface area contributed by atoms with E-state index in [1.807, 2.05) is 12.1 Å². The third kappa shape index (κ3) is 3.21. The number of carbonyl (C=O) groups is 1. The van der Waals surface area contributed by atoms with Crippen LogP contribution in [0.4, 0.5) is 0 Å². The largest absolute Gasteiger partial charge is 0.402 e. The van der Waals surface area contributed by atoms with E-state index >= 15 is 0 Å². The molecule has 0 bridgehead atoms. The zero-order chi connectivity index (χ0) is 15.0. The molecule has 1 aliphatic rings. The first-order valence-corrected chi connectivity index (χ1v) is 8.13. The van der Waals surface area contributed by atoms with Crippen LogP contribution in [-0.4, -0.2) is 11.9 Å². The van der Waals surface area contributed by atoms with Crippen LogP contribution in [0.2, 0.25) is 10.0 Å². The van der Waals surface area contributed by atoms with Gasteiger partial charge in [-0.05, 0) is 52.3 Å². The van der Waals surface area contributed by atoms with Gasteiger partial charge in [0.2, 0.25) is 5.90 Å². The third-order valence-corrected chi connectivity index (χ3v) is 4.77. The molecular formula is C14H6BrCl2NO2S. The van der Waals surface area contributed by atoms with E-state index in [0.717, 1.165) is 8.66 Å². The highest BCUT2D eigenvalue weighted by molar-refractivity contribution is 9.11. The molecule has 2 heterocycles. The Morgan fingerprint density at radius 2 is 2.05 bits per heavy atom. The van der Waals surface area contributed by atoms with Gasteiger partial charge in [0.1, 0.15) is 0 Å². The summed E-state index contributed by atoms with van der Waals surface area (Å²) in [5, 5.41) is 0.891. The molecule has 106 valence electrons. The van der Waals surface area contributed by atoms with E-state index in [0.29, 0.717) is 15.6 Å². The average Bonchev–Trinajstić information content (AvgIpc) is 2.97. The smallest absolute Gasteiger partial charge is 0.363 e. The Kier molecular flexibility index (Phi) is 4.17. The fourth-order valence-corrected chi connectivity index (χ4v) is 3.58. The van der Waals surface area contributed by atoms with Crippen molar-refractivity contribution in [2.75, 3.05) is 0 Å². The van der Waals surface area contributed by atoms with Crippen LogP contribution in [-0.2, 0) is 9.53 Å². The van der Waals surface area contributed by atoms with E-state index < -0.39 is 5.97 Å². The van der Waals surface area contributed by atoms with Crippen LogP contribution < -0.4 is 0 Å². The van der Waals surface area contributed by atoms with Crippen LogP contribution >= 0.6 is 50.5 Å². The van der Waals surface area contributed by atoms with Crippen LogP contribution in [0.25, 0.3) is 6.08 Å². The summed E-state index contributed by atoms with van der Waals surface area (Å²) in [5.74, 6) is -0.316. The average molecular weight is 403 g/mol. The van der Waals surface area contributed by atoms with Crippen molar-refractivity contribution in [2.24, 2.45) is 4.99 Å². The second kappa shape index (κ2) is 5.93. The van der Waals surface area contributed by atoms with E-state index in [1.165, 1.54) is 11.3 Å². The van der Waals surface area contributed by atoms with Crippen molar-refractivity contribution in [1.82, 2.24) is 0 Å². The van der Waals surface area contributed by atoms with Crippen LogP contribution in [0.5, 0.6) is 0 Å². The summed E-state index contributed by atoms with van der Waals surface area (Å²) in [4.78, 5) is 17.0. The van der Waals surface area contributed by atoms with Crippen molar-refractivity contribution in [3.05, 3.63) is 60.3 Å². The molecule has 0 saturated heterocycles. The quantitative estimate of drug-likeness (QED) is 0.513. The molecule has 1 aliphatic heterocycles. The summed E-state index contributed by atoms with van der Waals surface area (Å²) in [7, 11) is 0. The number of rotatable bonds is 2. The fourth-order valence-electron chi connectivity index (χ4n) is 1.73. The van der Waals surface area contributed by atoms with Crippen molar-refractivity contribution < 1.29 is 9.53 Å².